The third-order valence-corrected chi connectivity index (χ3v) is 3.94. The zero-order chi connectivity index (χ0) is 11.5. The van der Waals surface area contributed by atoms with E-state index >= 15 is 0 Å². The van der Waals surface area contributed by atoms with Gasteiger partial charge in [0.2, 0.25) is 5.91 Å². The van der Waals surface area contributed by atoms with E-state index in [-0.39, 0.29) is 5.91 Å². The van der Waals surface area contributed by atoms with E-state index in [2.05, 4.69) is 0 Å². The normalized spacial score (nSPS) is 17.4. The Morgan fingerprint density at radius 3 is 2.69 bits per heavy atom. The van der Waals surface area contributed by atoms with Crippen LogP contribution in [0.4, 0.5) is 5.69 Å². The molecule has 1 aromatic rings. The summed E-state index contributed by atoms with van der Waals surface area (Å²) in [6.07, 6.45) is 1.49. The first-order valence-electron chi connectivity index (χ1n) is 5.25. The fourth-order valence-electron chi connectivity index (χ4n) is 1.60. The van der Waals surface area contributed by atoms with Gasteiger partial charge in [0.05, 0.1) is 5.69 Å². The predicted octanol–water partition coefficient (Wildman–Crippen LogP) is 3.14. The molecule has 0 radical (unpaired) electrons. The Balaban J connectivity index is 2.32. The van der Waals surface area contributed by atoms with E-state index in [9.17, 15) is 4.79 Å². The van der Waals surface area contributed by atoms with Gasteiger partial charge in [-0.2, -0.15) is 0 Å². The summed E-state index contributed by atoms with van der Waals surface area (Å²) >= 11 is 6.86. The fraction of sp³-hybridized carbons (Fsp3) is 0.333. The summed E-state index contributed by atoms with van der Waals surface area (Å²) in [7, 11) is 0. The van der Waals surface area contributed by atoms with Gasteiger partial charge < -0.3 is 0 Å². The second-order valence-corrected chi connectivity index (χ2v) is 5.51. The average Bonchev–Trinajstić information content (AvgIpc) is 2.42. The number of thiocarbonyl (C=S) groups is 1. The molecule has 0 aromatic heterocycles. The van der Waals surface area contributed by atoms with Gasteiger partial charge in [0.15, 0.2) is 0 Å². The highest BCUT2D eigenvalue weighted by molar-refractivity contribution is 8.23. The molecule has 4 heteroatoms. The Morgan fingerprint density at radius 2 is 2.00 bits per heavy atom. The Hall–Kier alpha value is -0.870. The summed E-state index contributed by atoms with van der Waals surface area (Å²) in [5, 5.41) is 0. The molecular weight excluding hydrogens is 238 g/mol. The molecule has 1 heterocycles. The van der Waals surface area contributed by atoms with E-state index in [0.717, 1.165) is 17.9 Å². The maximum absolute atomic E-state index is 11.9. The maximum atomic E-state index is 11.9. The lowest BCUT2D eigenvalue weighted by atomic mass is 10.2. The molecule has 1 saturated heterocycles. The van der Waals surface area contributed by atoms with Crippen LogP contribution in [0.25, 0.3) is 0 Å². The lowest BCUT2D eigenvalue weighted by Crippen LogP contribution is -2.32. The summed E-state index contributed by atoms with van der Waals surface area (Å²) in [6.45, 7) is 2.03. The summed E-state index contributed by atoms with van der Waals surface area (Å²) < 4.78 is 0.673. The van der Waals surface area contributed by atoms with Crippen LogP contribution in [0, 0.1) is 6.92 Å². The van der Waals surface area contributed by atoms with Gasteiger partial charge in [-0.05, 0) is 25.5 Å². The number of benzene rings is 1. The lowest BCUT2D eigenvalue weighted by Gasteiger charge is -2.20. The van der Waals surface area contributed by atoms with Crippen LogP contribution in [-0.2, 0) is 4.79 Å². The molecule has 1 aromatic carbocycles. The van der Waals surface area contributed by atoms with Crippen molar-refractivity contribution in [1.29, 1.82) is 0 Å². The zero-order valence-corrected chi connectivity index (χ0v) is 10.7. The van der Waals surface area contributed by atoms with Gasteiger partial charge in [0.1, 0.15) is 4.32 Å². The first-order chi connectivity index (χ1) is 7.68. The van der Waals surface area contributed by atoms with Crippen molar-refractivity contribution in [3.05, 3.63) is 29.8 Å². The maximum Gasteiger partial charge on any atom is 0.232 e. The molecule has 16 heavy (non-hydrogen) atoms. The molecule has 1 aliphatic heterocycles. The predicted molar refractivity (Wildman–Crippen MR) is 73.0 cm³/mol. The second kappa shape index (κ2) is 4.97. The smallest absolute Gasteiger partial charge is 0.232 e. The van der Waals surface area contributed by atoms with Crippen molar-refractivity contribution in [1.82, 2.24) is 0 Å². The van der Waals surface area contributed by atoms with E-state index < -0.39 is 0 Å². The summed E-state index contributed by atoms with van der Waals surface area (Å²) in [6, 6.07) is 7.90. The summed E-state index contributed by atoms with van der Waals surface area (Å²) in [5.41, 5.74) is 2.07. The molecular formula is C12H13NOS2. The van der Waals surface area contributed by atoms with Crippen LogP contribution < -0.4 is 4.90 Å². The van der Waals surface area contributed by atoms with Crippen molar-refractivity contribution in [2.75, 3.05) is 10.7 Å². The largest absolute Gasteiger partial charge is 0.274 e. The van der Waals surface area contributed by atoms with Gasteiger partial charge >= 0.3 is 0 Å². The summed E-state index contributed by atoms with van der Waals surface area (Å²) in [4.78, 5) is 13.6. The fourth-order valence-corrected chi connectivity index (χ4v) is 2.86. The number of thioether (sulfide) groups is 1. The second-order valence-electron chi connectivity index (χ2n) is 3.78. The molecule has 0 atom stereocenters. The highest BCUT2D eigenvalue weighted by atomic mass is 32.2. The Labute approximate surface area is 105 Å². The van der Waals surface area contributed by atoms with Crippen molar-refractivity contribution < 1.29 is 4.79 Å². The number of carbonyl (C=O) groups is 1. The van der Waals surface area contributed by atoms with Crippen molar-refractivity contribution in [2.45, 2.75) is 19.8 Å². The molecule has 1 amide bonds. The van der Waals surface area contributed by atoms with Gasteiger partial charge in [0.25, 0.3) is 0 Å². The molecule has 0 spiro atoms. The number of rotatable bonds is 1. The lowest BCUT2D eigenvalue weighted by molar-refractivity contribution is -0.117. The Morgan fingerprint density at radius 1 is 1.31 bits per heavy atom. The van der Waals surface area contributed by atoms with Gasteiger partial charge in [0, 0.05) is 12.2 Å². The van der Waals surface area contributed by atoms with Crippen molar-refractivity contribution in [2.24, 2.45) is 0 Å². The monoisotopic (exact) mass is 251 g/mol. The molecule has 2 rings (SSSR count). The van der Waals surface area contributed by atoms with Gasteiger partial charge in [-0.15, -0.1) is 0 Å². The topological polar surface area (TPSA) is 20.3 Å². The quantitative estimate of drug-likeness (QED) is 0.715. The van der Waals surface area contributed by atoms with Crippen LogP contribution in [0.2, 0.25) is 0 Å². The number of aryl methyl sites for hydroxylation is 1. The highest BCUT2D eigenvalue weighted by Gasteiger charge is 2.23. The van der Waals surface area contributed by atoms with Crippen molar-refractivity contribution in [3.63, 3.8) is 0 Å². The third-order valence-electron chi connectivity index (χ3n) is 2.48. The number of hydrogen-bond acceptors (Lipinski definition) is 3. The highest BCUT2D eigenvalue weighted by Crippen LogP contribution is 2.25. The van der Waals surface area contributed by atoms with Gasteiger partial charge in [-0.3, -0.25) is 9.69 Å². The Bertz CT molecular complexity index is 396. The van der Waals surface area contributed by atoms with Crippen LogP contribution in [0.15, 0.2) is 24.3 Å². The van der Waals surface area contributed by atoms with E-state index in [1.54, 1.807) is 16.7 Å². The molecule has 2 nitrogen and oxygen atoms in total. The number of nitrogens with zero attached hydrogens (tertiary/aromatic N) is 1. The van der Waals surface area contributed by atoms with Crippen LogP contribution in [-0.4, -0.2) is 16.0 Å². The minimum atomic E-state index is 0.110. The first-order valence-corrected chi connectivity index (χ1v) is 6.64. The minimum Gasteiger partial charge on any atom is -0.274 e. The SMILES string of the molecule is Cc1ccc(N2C(=O)CCCSC2=S)cc1. The molecule has 0 aliphatic carbocycles. The third kappa shape index (κ3) is 2.44. The molecule has 84 valence electrons. The van der Waals surface area contributed by atoms with Crippen LogP contribution in [0.1, 0.15) is 18.4 Å². The molecule has 1 fully saturated rings. The molecule has 0 N–H and O–H groups in total. The molecule has 0 unspecified atom stereocenters. The van der Waals surface area contributed by atoms with Gasteiger partial charge in [-0.1, -0.05) is 41.7 Å². The molecule has 0 bridgehead atoms. The van der Waals surface area contributed by atoms with Crippen molar-refractivity contribution >= 4 is 39.9 Å². The standard InChI is InChI=1S/C12H13NOS2/c1-9-4-6-10(7-5-9)13-11(14)3-2-8-16-12(13)15/h4-7H,2-3,8H2,1H3. The number of carbonyl (C=O) groups excluding carboxylic acids is 1. The number of anilines is 1. The zero-order valence-electron chi connectivity index (χ0n) is 9.10. The van der Waals surface area contributed by atoms with Crippen molar-refractivity contribution in [3.8, 4) is 0 Å². The van der Waals surface area contributed by atoms with E-state index in [0.29, 0.717) is 10.7 Å². The average molecular weight is 251 g/mol. The molecule has 1 aliphatic rings. The van der Waals surface area contributed by atoms with E-state index in [1.165, 1.54) is 5.56 Å². The van der Waals surface area contributed by atoms with Crippen LogP contribution >= 0.6 is 24.0 Å². The molecule has 0 saturated carbocycles. The van der Waals surface area contributed by atoms with Crippen LogP contribution in [0.3, 0.4) is 0 Å². The van der Waals surface area contributed by atoms with Crippen LogP contribution in [0.5, 0.6) is 0 Å². The Kier molecular flexibility index (Phi) is 3.61. The summed E-state index contributed by atoms with van der Waals surface area (Å²) in [5.74, 6) is 1.05. The van der Waals surface area contributed by atoms with E-state index in [1.807, 2.05) is 31.2 Å². The first kappa shape index (κ1) is 11.6. The van der Waals surface area contributed by atoms with Gasteiger partial charge in [-0.25, -0.2) is 0 Å². The minimum absolute atomic E-state index is 0.110. The van der Waals surface area contributed by atoms with E-state index in [4.69, 9.17) is 12.2 Å². The number of amides is 1. The number of hydrogen-bond donors (Lipinski definition) is 0.